The molecular formula is C13H18FNO. The van der Waals surface area contributed by atoms with Gasteiger partial charge in [-0.15, -0.1) is 0 Å². The third-order valence-corrected chi connectivity index (χ3v) is 3.25. The normalized spacial score (nSPS) is 30.3. The summed E-state index contributed by atoms with van der Waals surface area (Å²) in [6.07, 6.45) is 1.78. The number of hydrogen-bond acceptors (Lipinski definition) is 2. The lowest BCUT2D eigenvalue weighted by Gasteiger charge is -2.36. The Bertz CT molecular complexity index is 369. The molecule has 3 heteroatoms. The second-order valence-electron chi connectivity index (χ2n) is 4.80. The minimum Gasteiger partial charge on any atom is -0.389 e. The third kappa shape index (κ3) is 2.60. The number of piperidine rings is 1. The van der Waals surface area contributed by atoms with Gasteiger partial charge in [0.15, 0.2) is 0 Å². The van der Waals surface area contributed by atoms with E-state index in [-0.39, 0.29) is 5.82 Å². The van der Waals surface area contributed by atoms with E-state index in [1.165, 1.54) is 6.07 Å². The molecule has 0 spiro atoms. The van der Waals surface area contributed by atoms with Gasteiger partial charge in [-0.05, 0) is 37.9 Å². The molecule has 2 unspecified atom stereocenters. The van der Waals surface area contributed by atoms with Crippen molar-refractivity contribution >= 4 is 0 Å². The van der Waals surface area contributed by atoms with Crippen LogP contribution in [-0.4, -0.2) is 23.3 Å². The monoisotopic (exact) mass is 223 g/mol. The number of rotatable bonds is 2. The maximum Gasteiger partial charge on any atom is 0.126 e. The summed E-state index contributed by atoms with van der Waals surface area (Å²) < 4.78 is 13.5. The standard InChI is InChI=1S/C13H18FNO/c1-10-8-13(16,6-7-15-10)9-11-4-2-3-5-12(11)14/h2-5,10,15-16H,6-9H2,1H3. The van der Waals surface area contributed by atoms with Crippen LogP contribution in [0.1, 0.15) is 25.3 Å². The fourth-order valence-electron chi connectivity index (χ4n) is 2.45. The maximum atomic E-state index is 13.5. The lowest BCUT2D eigenvalue weighted by Crippen LogP contribution is -2.48. The highest BCUT2D eigenvalue weighted by Crippen LogP contribution is 2.26. The molecule has 1 aromatic carbocycles. The van der Waals surface area contributed by atoms with Gasteiger partial charge in [0, 0.05) is 12.5 Å². The highest BCUT2D eigenvalue weighted by molar-refractivity contribution is 5.19. The van der Waals surface area contributed by atoms with E-state index in [2.05, 4.69) is 5.32 Å². The lowest BCUT2D eigenvalue weighted by molar-refractivity contribution is -0.00192. The first kappa shape index (κ1) is 11.6. The molecule has 0 aliphatic carbocycles. The number of hydrogen-bond donors (Lipinski definition) is 2. The maximum absolute atomic E-state index is 13.5. The minimum absolute atomic E-state index is 0.220. The quantitative estimate of drug-likeness (QED) is 0.802. The van der Waals surface area contributed by atoms with Crippen LogP contribution in [0.25, 0.3) is 0 Å². The molecule has 0 radical (unpaired) electrons. The number of aliphatic hydroxyl groups is 1. The van der Waals surface area contributed by atoms with Crippen LogP contribution in [0.15, 0.2) is 24.3 Å². The van der Waals surface area contributed by atoms with Crippen LogP contribution in [0.5, 0.6) is 0 Å². The van der Waals surface area contributed by atoms with Gasteiger partial charge in [-0.1, -0.05) is 18.2 Å². The van der Waals surface area contributed by atoms with E-state index < -0.39 is 5.60 Å². The Hall–Kier alpha value is -0.930. The van der Waals surface area contributed by atoms with E-state index >= 15 is 0 Å². The largest absolute Gasteiger partial charge is 0.389 e. The summed E-state index contributed by atoms with van der Waals surface area (Å²) in [5, 5.41) is 13.7. The molecule has 0 saturated carbocycles. The summed E-state index contributed by atoms with van der Waals surface area (Å²) in [5.74, 6) is -0.220. The summed E-state index contributed by atoms with van der Waals surface area (Å²) in [6.45, 7) is 2.84. The first-order valence-corrected chi connectivity index (χ1v) is 5.78. The zero-order valence-corrected chi connectivity index (χ0v) is 9.54. The fraction of sp³-hybridized carbons (Fsp3) is 0.538. The van der Waals surface area contributed by atoms with Gasteiger partial charge >= 0.3 is 0 Å². The van der Waals surface area contributed by atoms with Gasteiger partial charge in [0.2, 0.25) is 0 Å². The Morgan fingerprint density at radius 1 is 1.50 bits per heavy atom. The summed E-state index contributed by atoms with van der Waals surface area (Å²) in [6, 6.07) is 6.98. The van der Waals surface area contributed by atoms with Crippen molar-refractivity contribution in [2.75, 3.05) is 6.54 Å². The first-order valence-electron chi connectivity index (χ1n) is 5.78. The second-order valence-corrected chi connectivity index (χ2v) is 4.80. The van der Waals surface area contributed by atoms with Crippen LogP contribution in [0.2, 0.25) is 0 Å². The van der Waals surface area contributed by atoms with Crippen molar-refractivity contribution in [2.45, 2.75) is 37.8 Å². The van der Waals surface area contributed by atoms with Crippen LogP contribution in [-0.2, 0) is 6.42 Å². The van der Waals surface area contributed by atoms with E-state index in [1.54, 1.807) is 12.1 Å². The molecule has 1 heterocycles. The van der Waals surface area contributed by atoms with Crippen molar-refractivity contribution < 1.29 is 9.50 Å². The highest BCUT2D eigenvalue weighted by atomic mass is 19.1. The predicted molar refractivity (Wildman–Crippen MR) is 61.8 cm³/mol. The Balaban J connectivity index is 2.11. The van der Waals surface area contributed by atoms with Crippen LogP contribution in [0.3, 0.4) is 0 Å². The SMILES string of the molecule is CC1CC(O)(Cc2ccccc2F)CCN1. The molecule has 2 N–H and O–H groups in total. The van der Waals surface area contributed by atoms with Crippen molar-refractivity contribution in [2.24, 2.45) is 0 Å². The molecule has 1 fully saturated rings. The molecule has 0 amide bonds. The van der Waals surface area contributed by atoms with Crippen molar-refractivity contribution in [3.63, 3.8) is 0 Å². The topological polar surface area (TPSA) is 32.3 Å². The van der Waals surface area contributed by atoms with Gasteiger partial charge in [-0.3, -0.25) is 0 Å². The molecule has 88 valence electrons. The van der Waals surface area contributed by atoms with E-state index in [0.29, 0.717) is 30.9 Å². The average Bonchev–Trinajstić information content (AvgIpc) is 2.21. The van der Waals surface area contributed by atoms with E-state index in [4.69, 9.17) is 0 Å². The summed E-state index contributed by atoms with van der Waals surface area (Å²) in [5.41, 5.74) is -0.147. The predicted octanol–water partition coefficient (Wildman–Crippen LogP) is 1.87. The Morgan fingerprint density at radius 3 is 2.94 bits per heavy atom. The molecule has 1 aliphatic rings. The van der Waals surface area contributed by atoms with Crippen LogP contribution < -0.4 is 5.32 Å². The molecule has 2 nitrogen and oxygen atoms in total. The second kappa shape index (κ2) is 4.52. The molecule has 1 saturated heterocycles. The summed E-state index contributed by atoms with van der Waals surface area (Å²) >= 11 is 0. The molecule has 2 atom stereocenters. The van der Waals surface area contributed by atoms with Crippen LogP contribution >= 0.6 is 0 Å². The van der Waals surface area contributed by atoms with Crippen molar-refractivity contribution in [1.29, 1.82) is 0 Å². The smallest absolute Gasteiger partial charge is 0.126 e. The Labute approximate surface area is 95.5 Å². The zero-order chi connectivity index (χ0) is 11.6. The summed E-state index contributed by atoms with van der Waals surface area (Å²) in [7, 11) is 0. The van der Waals surface area contributed by atoms with Gasteiger partial charge in [0.1, 0.15) is 5.82 Å². The minimum atomic E-state index is -0.757. The van der Waals surface area contributed by atoms with E-state index in [0.717, 1.165) is 6.54 Å². The van der Waals surface area contributed by atoms with E-state index in [9.17, 15) is 9.50 Å². The van der Waals surface area contributed by atoms with Gasteiger partial charge < -0.3 is 10.4 Å². The molecule has 1 aromatic rings. The highest BCUT2D eigenvalue weighted by Gasteiger charge is 2.33. The number of benzene rings is 1. The van der Waals surface area contributed by atoms with Gasteiger partial charge in [0.05, 0.1) is 5.60 Å². The van der Waals surface area contributed by atoms with Crippen LogP contribution in [0, 0.1) is 5.82 Å². The fourth-order valence-corrected chi connectivity index (χ4v) is 2.45. The molecular weight excluding hydrogens is 205 g/mol. The Kier molecular flexibility index (Phi) is 3.26. The van der Waals surface area contributed by atoms with Gasteiger partial charge in [-0.2, -0.15) is 0 Å². The van der Waals surface area contributed by atoms with Crippen LogP contribution in [0.4, 0.5) is 4.39 Å². The molecule has 1 aliphatic heterocycles. The molecule has 16 heavy (non-hydrogen) atoms. The average molecular weight is 223 g/mol. The molecule has 0 aromatic heterocycles. The summed E-state index contributed by atoms with van der Waals surface area (Å²) in [4.78, 5) is 0. The van der Waals surface area contributed by atoms with Gasteiger partial charge in [-0.25, -0.2) is 4.39 Å². The molecule has 0 bridgehead atoms. The lowest BCUT2D eigenvalue weighted by atomic mass is 9.83. The van der Waals surface area contributed by atoms with Crippen molar-refractivity contribution in [3.8, 4) is 0 Å². The zero-order valence-electron chi connectivity index (χ0n) is 9.54. The molecule has 2 rings (SSSR count). The Morgan fingerprint density at radius 2 is 2.25 bits per heavy atom. The first-order chi connectivity index (χ1) is 7.59. The number of nitrogens with one attached hydrogen (secondary N) is 1. The number of halogens is 1. The van der Waals surface area contributed by atoms with Crippen molar-refractivity contribution in [3.05, 3.63) is 35.6 Å². The van der Waals surface area contributed by atoms with E-state index in [1.807, 2.05) is 13.0 Å². The third-order valence-electron chi connectivity index (χ3n) is 3.25. The van der Waals surface area contributed by atoms with Crippen molar-refractivity contribution in [1.82, 2.24) is 5.32 Å². The van der Waals surface area contributed by atoms with Gasteiger partial charge in [0.25, 0.3) is 0 Å².